The minimum Gasteiger partial charge on any atom is -0.406 e. The maximum absolute atomic E-state index is 12.3. The Morgan fingerprint density at radius 3 is 2.68 bits per heavy atom. The molecular formula is C15H18F4N2O. The van der Waals surface area contributed by atoms with Gasteiger partial charge in [-0.1, -0.05) is 0 Å². The zero-order chi connectivity index (χ0) is 16.2. The van der Waals surface area contributed by atoms with Crippen molar-refractivity contribution in [2.45, 2.75) is 19.2 Å². The highest BCUT2D eigenvalue weighted by molar-refractivity contribution is 5.84. The van der Waals surface area contributed by atoms with E-state index in [4.69, 9.17) is 0 Å². The molecule has 0 saturated heterocycles. The van der Waals surface area contributed by atoms with Crippen molar-refractivity contribution in [1.29, 1.82) is 0 Å². The molecule has 0 radical (unpaired) electrons. The summed E-state index contributed by atoms with van der Waals surface area (Å²) in [5.74, 6) is -0.230. The lowest BCUT2D eigenvalue weighted by Gasteiger charge is -2.15. The summed E-state index contributed by atoms with van der Waals surface area (Å²) in [6.07, 6.45) is -1.77. The number of nitrogens with zero attached hydrogens (tertiary/aromatic N) is 1. The molecule has 3 nitrogen and oxygen atoms in total. The maximum atomic E-state index is 12.3. The van der Waals surface area contributed by atoms with Crippen LogP contribution in [0.5, 0.6) is 5.75 Å². The SMILES string of the molecule is CN(CCCF)CCc1c[nH]c2ccc(OC(F)(F)F)cc12. The van der Waals surface area contributed by atoms with Gasteiger partial charge in [-0.05, 0) is 43.7 Å². The van der Waals surface area contributed by atoms with Gasteiger partial charge in [-0.2, -0.15) is 0 Å². The number of H-pyrrole nitrogens is 1. The molecule has 0 bridgehead atoms. The van der Waals surface area contributed by atoms with E-state index in [0.29, 0.717) is 31.3 Å². The van der Waals surface area contributed by atoms with Crippen molar-refractivity contribution in [3.05, 3.63) is 30.0 Å². The fourth-order valence-electron chi connectivity index (χ4n) is 2.31. The standard InChI is InChI=1S/C15H18F4N2O/c1-21(7-2-6-16)8-5-11-10-20-14-4-3-12(9-13(11)14)22-15(17,18)19/h3-4,9-10,20H,2,5-8H2,1H3. The summed E-state index contributed by atoms with van der Waals surface area (Å²) in [5, 5.41) is 0.709. The first-order valence-electron chi connectivity index (χ1n) is 6.99. The van der Waals surface area contributed by atoms with Gasteiger partial charge in [0.1, 0.15) is 5.75 Å². The highest BCUT2D eigenvalue weighted by Crippen LogP contribution is 2.28. The highest BCUT2D eigenvalue weighted by Gasteiger charge is 2.31. The normalized spacial score (nSPS) is 12.3. The van der Waals surface area contributed by atoms with E-state index < -0.39 is 6.36 Å². The first-order chi connectivity index (χ1) is 10.4. The Balaban J connectivity index is 2.08. The Bertz CT molecular complexity index is 609. The van der Waals surface area contributed by atoms with Crippen LogP contribution in [-0.4, -0.2) is 43.1 Å². The molecule has 2 rings (SSSR count). The fourth-order valence-corrected chi connectivity index (χ4v) is 2.31. The second-order valence-corrected chi connectivity index (χ2v) is 5.16. The van der Waals surface area contributed by atoms with E-state index >= 15 is 0 Å². The van der Waals surface area contributed by atoms with Crippen LogP contribution in [0.4, 0.5) is 17.6 Å². The van der Waals surface area contributed by atoms with Crippen LogP contribution >= 0.6 is 0 Å². The smallest absolute Gasteiger partial charge is 0.406 e. The number of benzene rings is 1. The van der Waals surface area contributed by atoms with Crippen molar-refractivity contribution in [3.8, 4) is 5.75 Å². The number of rotatable bonds is 7. The summed E-state index contributed by atoms with van der Waals surface area (Å²) in [5.41, 5.74) is 1.67. The van der Waals surface area contributed by atoms with Gasteiger partial charge in [-0.25, -0.2) is 0 Å². The second-order valence-electron chi connectivity index (χ2n) is 5.16. The lowest BCUT2D eigenvalue weighted by atomic mass is 10.1. The van der Waals surface area contributed by atoms with E-state index in [0.717, 1.165) is 11.1 Å². The van der Waals surface area contributed by atoms with Gasteiger partial charge in [-0.3, -0.25) is 4.39 Å². The molecule has 0 atom stereocenters. The Labute approximate surface area is 125 Å². The van der Waals surface area contributed by atoms with E-state index in [-0.39, 0.29) is 12.4 Å². The molecule has 0 unspecified atom stereocenters. The number of hydrogen-bond acceptors (Lipinski definition) is 2. The number of ether oxygens (including phenoxy) is 1. The molecule has 1 N–H and O–H groups in total. The van der Waals surface area contributed by atoms with Gasteiger partial charge in [0.25, 0.3) is 0 Å². The molecule has 122 valence electrons. The van der Waals surface area contributed by atoms with Gasteiger partial charge in [0, 0.05) is 30.2 Å². The van der Waals surface area contributed by atoms with Crippen molar-refractivity contribution in [1.82, 2.24) is 9.88 Å². The van der Waals surface area contributed by atoms with Gasteiger partial charge in [0.05, 0.1) is 6.67 Å². The Kier molecular flexibility index (Phi) is 5.28. The monoisotopic (exact) mass is 318 g/mol. The van der Waals surface area contributed by atoms with Crippen LogP contribution in [-0.2, 0) is 6.42 Å². The lowest BCUT2D eigenvalue weighted by molar-refractivity contribution is -0.274. The molecule has 22 heavy (non-hydrogen) atoms. The zero-order valence-corrected chi connectivity index (χ0v) is 12.2. The van der Waals surface area contributed by atoms with Crippen LogP contribution in [0.2, 0.25) is 0 Å². The molecule has 0 aliphatic carbocycles. The zero-order valence-electron chi connectivity index (χ0n) is 12.2. The van der Waals surface area contributed by atoms with Crippen molar-refractivity contribution < 1.29 is 22.3 Å². The molecule has 7 heteroatoms. The van der Waals surface area contributed by atoms with Crippen molar-refractivity contribution in [2.24, 2.45) is 0 Å². The van der Waals surface area contributed by atoms with Crippen LogP contribution in [0.1, 0.15) is 12.0 Å². The van der Waals surface area contributed by atoms with Crippen molar-refractivity contribution in [3.63, 3.8) is 0 Å². The minimum absolute atomic E-state index is 0.230. The van der Waals surface area contributed by atoms with Crippen LogP contribution in [0.3, 0.4) is 0 Å². The third-order valence-electron chi connectivity index (χ3n) is 3.41. The molecule has 0 saturated carbocycles. The number of halogens is 4. The van der Waals surface area contributed by atoms with E-state index in [9.17, 15) is 17.6 Å². The molecule has 0 aliphatic heterocycles. The molecular weight excluding hydrogens is 300 g/mol. The second kappa shape index (κ2) is 7.00. The molecule has 0 aliphatic rings. The van der Waals surface area contributed by atoms with E-state index in [1.165, 1.54) is 12.1 Å². The highest BCUT2D eigenvalue weighted by atomic mass is 19.4. The average molecular weight is 318 g/mol. The van der Waals surface area contributed by atoms with Gasteiger partial charge in [-0.15, -0.1) is 13.2 Å². The first-order valence-corrected chi connectivity index (χ1v) is 6.99. The third-order valence-corrected chi connectivity index (χ3v) is 3.41. The van der Waals surface area contributed by atoms with E-state index in [1.54, 1.807) is 12.3 Å². The van der Waals surface area contributed by atoms with Crippen molar-refractivity contribution >= 4 is 10.9 Å². The molecule has 2 aromatic rings. The summed E-state index contributed by atoms with van der Waals surface area (Å²) >= 11 is 0. The summed E-state index contributed by atoms with van der Waals surface area (Å²) in [4.78, 5) is 5.02. The predicted octanol–water partition coefficient (Wildman–Crippen LogP) is 3.90. The summed E-state index contributed by atoms with van der Waals surface area (Å²) in [7, 11) is 1.89. The Morgan fingerprint density at radius 1 is 1.23 bits per heavy atom. The molecule has 1 aromatic heterocycles. The Hall–Kier alpha value is -1.76. The number of aromatic amines is 1. The molecule has 0 fully saturated rings. The number of fused-ring (bicyclic) bond motifs is 1. The molecule has 0 spiro atoms. The van der Waals surface area contributed by atoms with Crippen LogP contribution in [0, 0.1) is 0 Å². The fraction of sp³-hybridized carbons (Fsp3) is 0.467. The minimum atomic E-state index is -4.70. The number of alkyl halides is 4. The summed E-state index contributed by atoms with van der Waals surface area (Å²) < 4.78 is 52.9. The first kappa shape index (κ1) is 16.6. The summed E-state index contributed by atoms with van der Waals surface area (Å²) in [6.45, 7) is 1.01. The average Bonchev–Trinajstić information content (AvgIpc) is 2.83. The number of hydrogen-bond donors (Lipinski definition) is 1. The maximum Gasteiger partial charge on any atom is 0.573 e. The van der Waals surface area contributed by atoms with Gasteiger partial charge in [0.2, 0.25) is 0 Å². The molecule has 0 amide bonds. The van der Waals surface area contributed by atoms with Crippen molar-refractivity contribution in [2.75, 3.05) is 26.8 Å². The lowest BCUT2D eigenvalue weighted by Crippen LogP contribution is -2.22. The molecule has 1 aromatic carbocycles. The topological polar surface area (TPSA) is 28.3 Å². The largest absolute Gasteiger partial charge is 0.573 e. The quantitative estimate of drug-likeness (QED) is 0.784. The van der Waals surface area contributed by atoms with Crippen LogP contribution < -0.4 is 4.74 Å². The number of aromatic nitrogens is 1. The van der Waals surface area contributed by atoms with E-state index in [2.05, 4.69) is 9.72 Å². The third kappa shape index (κ3) is 4.62. The number of likely N-dealkylation sites (N-methyl/N-ethyl adjacent to an activating group) is 1. The van der Waals surface area contributed by atoms with Gasteiger partial charge in [0.15, 0.2) is 0 Å². The predicted molar refractivity (Wildman–Crippen MR) is 76.8 cm³/mol. The van der Waals surface area contributed by atoms with Crippen LogP contribution in [0.15, 0.2) is 24.4 Å². The van der Waals surface area contributed by atoms with Crippen LogP contribution in [0.25, 0.3) is 10.9 Å². The molecule has 1 heterocycles. The van der Waals surface area contributed by atoms with E-state index in [1.807, 2.05) is 11.9 Å². The number of nitrogens with one attached hydrogen (secondary N) is 1. The van der Waals surface area contributed by atoms with Gasteiger partial charge < -0.3 is 14.6 Å². The Morgan fingerprint density at radius 2 is 2.00 bits per heavy atom. The summed E-state index contributed by atoms with van der Waals surface area (Å²) in [6, 6.07) is 4.23. The van der Waals surface area contributed by atoms with Gasteiger partial charge >= 0.3 is 6.36 Å².